The van der Waals surface area contributed by atoms with Crippen LogP contribution in [0.2, 0.25) is 0 Å². The molecule has 0 nitrogen and oxygen atoms in total. The van der Waals surface area contributed by atoms with Gasteiger partial charge in [0.05, 0.1) is 0 Å². The van der Waals surface area contributed by atoms with Gasteiger partial charge in [-0.2, -0.15) is 0 Å². The van der Waals surface area contributed by atoms with E-state index in [4.69, 9.17) is 0 Å². The maximum absolute atomic E-state index is 2.34. The van der Waals surface area contributed by atoms with Gasteiger partial charge in [0.25, 0.3) is 0 Å². The van der Waals surface area contributed by atoms with Gasteiger partial charge >= 0.3 is 0 Å². The average molecular weight is 190 g/mol. The number of benzene rings is 1. The van der Waals surface area contributed by atoms with Gasteiger partial charge in [-0.3, -0.25) is 0 Å². The maximum atomic E-state index is 2.34. The molecule has 0 saturated heterocycles. The van der Waals surface area contributed by atoms with Crippen LogP contribution in [0.5, 0.6) is 0 Å². The predicted molar refractivity (Wildman–Crippen MR) is 63.9 cm³/mol. The Kier molecular flexibility index (Phi) is 3.36. The van der Waals surface area contributed by atoms with Gasteiger partial charge in [0, 0.05) is 0 Å². The molecule has 0 aliphatic carbocycles. The predicted octanol–water partition coefficient (Wildman–Crippen LogP) is 4.38. The lowest BCUT2D eigenvalue weighted by Gasteiger charge is -2.25. The molecule has 0 fully saturated rings. The largest absolute Gasteiger partial charge is 0.0654 e. The molecule has 14 heavy (non-hydrogen) atoms. The maximum Gasteiger partial charge on any atom is -0.0104 e. The molecule has 0 amide bonds. The second-order valence-corrected chi connectivity index (χ2v) is 4.93. The highest BCUT2D eigenvalue weighted by Crippen LogP contribution is 2.29. The zero-order valence-corrected chi connectivity index (χ0v) is 10.1. The van der Waals surface area contributed by atoms with Gasteiger partial charge in [-0.1, -0.05) is 45.4 Å². The Hall–Kier alpha value is -0.780. The molecule has 0 aromatic heterocycles. The number of rotatable bonds is 3. The zero-order valence-electron chi connectivity index (χ0n) is 10.1. The van der Waals surface area contributed by atoms with Gasteiger partial charge in [-0.15, -0.1) is 0 Å². The van der Waals surface area contributed by atoms with Gasteiger partial charge in [0.1, 0.15) is 0 Å². The van der Waals surface area contributed by atoms with Crippen molar-refractivity contribution in [2.75, 3.05) is 0 Å². The average Bonchev–Trinajstić information content (AvgIpc) is 2.09. The van der Waals surface area contributed by atoms with Crippen molar-refractivity contribution in [3.8, 4) is 0 Å². The summed E-state index contributed by atoms with van der Waals surface area (Å²) in [5, 5.41) is 0. The third-order valence-electron chi connectivity index (χ3n) is 3.16. The molecule has 78 valence electrons. The van der Waals surface area contributed by atoms with Gasteiger partial charge in [0.15, 0.2) is 0 Å². The molecule has 0 atom stereocenters. The summed E-state index contributed by atoms with van der Waals surface area (Å²) >= 11 is 0. The summed E-state index contributed by atoms with van der Waals surface area (Å²) in [5.41, 5.74) is 4.60. The summed E-state index contributed by atoms with van der Waals surface area (Å²) < 4.78 is 0. The fourth-order valence-electron chi connectivity index (χ4n) is 1.93. The van der Waals surface area contributed by atoms with Crippen LogP contribution >= 0.6 is 0 Å². The van der Waals surface area contributed by atoms with E-state index in [-0.39, 0.29) is 0 Å². The van der Waals surface area contributed by atoms with Crippen molar-refractivity contribution in [3.05, 3.63) is 34.9 Å². The minimum Gasteiger partial charge on any atom is -0.0654 e. The SMILES string of the molecule is CCCC(C)(C)c1ccc(C)c(C)c1. The van der Waals surface area contributed by atoms with E-state index < -0.39 is 0 Å². The van der Waals surface area contributed by atoms with E-state index in [1.54, 1.807) is 0 Å². The molecule has 0 saturated carbocycles. The standard InChI is InChI=1S/C14H22/c1-6-9-14(4,5)13-8-7-11(2)12(3)10-13/h7-8,10H,6,9H2,1-5H3. The van der Waals surface area contributed by atoms with Crippen molar-refractivity contribution in [1.82, 2.24) is 0 Å². The molecule has 0 unspecified atom stereocenters. The van der Waals surface area contributed by atoms with E-state index in [9.17, 15) is 0 Å². The lowest BCUT2D eigenvalue weighted by atomic mass is 9.80. The number of aryl methyl sites for hydroxylation is 2. The van der Waals surface area contributed by atoms with Crippen molar-refractivity contribution in [2.24, 2.45) is 0 Å². The van der Waals surface area contributed by atoms with Crippen molar-refractivity contribution >= 4 is 0 Å². The third kappa shape index (κ3) is 2.37. The lowest BCUT2D eigenvalue weighted by molar-refractivity contribution is 0.473. The molecule has 0 spiro atoms. The monoisotopic (exact) mass is 190 g/mol. The van der Waals surface area contributed by atoms with Crippen LogP contribution in [0.4, 0.5) is 0 Å². The second kappa shape index (κ2) is 4.16. The first kappa shape index (κ1) is 11.3. The van der Waals surface area contributed by atoms with Crippen molar-refractivity contribution in [3.63, 3.8) is 0 Å². The fourth-order valence-corrected chi connectivity index (χ4v) is 1.93. The smallest absolute Gasteiger partial charge is 0.0104 e. The van der Waals surface area contributed by atoms with Crippen LogP contribution < -0.4 is 0 Å². The first-order valence-electron chi connectivity index (χ1n) is 5.55. The highest BCUT2D eigenvalue weighted by atomic mass is 14.2. The Bertz CT molecular complexity index is 308. The second-order valence-electron chi connectivity index (χ2n) is 4.93. The molecule has 0 N–H and O–H groups in total. The molecule has 0 heteroatoms. The minimum atomic E-state index is 0.327. The van der Waals surface area contributed by atoms with Crippen molar-refractivity contribution in [1.29, 1.82) is 0 Å². The Balaban J connectivity index is 3.01. The first-order chi connectivity index (χ1) is 6.47. The zero-order chi connectivity index (χ0) is 10.8. The Morgan fingerprint density at radius 2 is 1.71 bits per heavy atom. The van der Waals surface area contributed by atoms with Crippen LogP contribution in [0, 0.1) is 13.8 Å². The summed E-state index contributed by atoms with van der Waals surface area (Å²) in [6, 6.07) is 6.85. The summed E-state index contributed by atoms with van der Waals surface area (Å²) in [6.07, 6.45) is 2.51. The molecular formula is C14H22. The minimum absolute atomic E-state index is 0.327. The molecule has 1 aromatic carbocycles. The van der Waals surface area contributed by atoms with Gasteiger partial charge in [0.2, 0.25) is 0 Å². The molecule has 0 radical (unpaired) electrons. The van der Waals surface area contributed by atoms with Crippen LogP contribution in [-0.2, 0) is 5.41 Å². The van der Waals surface area contributed by atoms with E-state index >= 15 is 0 Å². The Morgan fingerprint density at radius 3 is 2.21 bits per heavy atom. The number of hydrogen-bond donors (Lipinski definition) is 0. The lowest BCUT2D eigenvalue weighted by Crippen LogP contribution is -2.16. The topological polar surface area (TPSA) is 0 Å². The van der Waals surface area contributed by atoms with E-state index in [1.807, 2.05) is 0 Å². The van der Waals surface area contributed by atoms with Crippen molar-refractivity contribution in [2.45, 2.75) is 52.9 Å². The molecule has 1 rings (SSSR count). The van der Waals surface area contributed by atoms with Crippen molar-refractivity contribution < 1.29 is 0 Å². The van der Waals surface area contributed by atoms with Crippen LogP contribution in [0.1, 0.15) is 50.3 Å². The summed E-state index contributed by atoms with van der Waals surface area (Å²) in [7, 11) is 0. The summed E-state index contributed by atoms with van der Waals surface area (Å²) in [6.45, 7) is 11.3. The van der Waals surface area contributed by atoms with Gasteiger partial charge in [-0.05, 0) is 42.4 Å². The first-order valence-corrected chi connectivity index (χ1v) is 5.55. The summed E-state index contributed by atoms with van der Waals surface area (Å²) in [5.74, 6) is 0. The van der Waals surface area contributed by atoms with Crippen LogP contribution in [0.15, 0.2) is 18.2 Å². The molecule has 0 aliphatic rings. The van der Waals surface area contributed by atoms with E-state index in [0.717, 1.165) is 0 Å². The van der Waals surface area contributed by atoms with Crippen LogP contribution in [0.25, 0.3) is 0 Å². The van der Waals surface area contributed by atoms with Gasteiger partial charge < -0.3 is 0 Å². The molecule has 1 aromatic rings. The normalized spacial score (nSPS) is 11.8. The molecular weight excluding hydrogens is 168 g/mol. The highest BCUT2D eigenvalue weighted by Gasteiger charge is 2.19. The molecule has 0 heterocycles. The van der Waals surface area contributed by atoms with E-state index in [1.165, 1.54) is 29.5 Å². The number of hydrogen-bond acceptors (Lipinski definition) is 0. The fraction of sp³-hybridized carbons (Fsp3) is 0.571. The Labute approximate surface area is 88.4 Å². The van der Waals surface area contributed by atoms with Crippen LogP contribution in [0.3, 0.4) is 0 Å². The highest BCUT2D eigenvalue weighted by molar-refractivity contribution is 5.33. The summed E-state index contributed by atoms with van der Waals surface area (Å²) in [4.78, 5) is 0. The quantitative estimate of drug-likeness (QED) is 0.663. The van der Waals surface area contributed by atoms with E-state index in [0.29, 0.717) is 5.41 Å². The third-order valence-corrected chi connectivity index (χ3v) is 3.16. The molecule has 0 bridgehead atoms. The molecule has 0 aliphatic heterocycles. The Morgan fingerprint density at radius 1 is 1.07 bits per heavy atom. The van der Waals surface area contributed by atoms with Gasteiger partial charge in [-0.25, -0.2) is 0 Å². The van der Waals surface area contributed by atoms with E-state index in [2.05, 4.69) is 52.8 Å². The van der Waals surface area contributed by atoms with Crippen LogP contribution in [-0.4, -0.2) is 0 Å².